The minimum Gasteiger partial charge on any atom is -0.443 e. The van der Waals surface area contributed by atoms with Gasteiger partial charge in [-0.2, -0.15) is 0 Å². The highest BCUT2D eigenvalue weighted by molar-refractivity contribution is 5.93. The van der Waals surface area contributed by atoms with Crippen molar-refractivity contribution in [2.75, 3.05) is 23.4 Å². The molecule has 0 spiro atoms. The summed E-state index contributed by atoms with van der Waals surface area (Å²) >= 11 is 0. The monoisotopic (exact) mass is 383 g/mol. The standard InChI is InChI=1S/C21H25N3O4/c1-21(2,3)28-20(26)24-12-10-15-8-9-17(13-18(15)24)23(4)19(25)27-14-16-7-5-6-11-22-16/h5-9,11,13H,10,12,14H2,1-4H3. The molecule has 1 aliphatic rings. The lowest BCUT2D eigenvalue weighted by molar-refractivity contribution is 0.0584. The number of anilines is 2. The maximum atomic E-state index is 12.5. The quantitative estimate of drug-likeness (QED) is 0.796. The van der Waals surface area contributed by atoms with Crippen LogP contribution in [0.2, 0.25) is 0 Å². The summed E-state index contributed by atoms with van der Waals surface area (Å²) < 4.78 is 10.8. The topological polar surface area (TPSA) is 72.0 Å². The predicted octanol–water partition coefficient (Wildman–Crippen LogP) is 4.15. The number of rotatable bonds is 3. The fourth-order valence-corrected chi connectivity index (χ4v) is 2.90. The first-order valence-corrected chi connectivity index (χ1v) is 9.18. The van der Waals surface area contributed by atoms with Crippen molar-refractivity contribution in [3.05, 3.63) is 53.9 Å². The van der Waals surface area contributed by atoms with Gasteiger partial charge in [0.1, 0.15) is 12.2 Å². The SMILES string of the molecule is CN(C(=O)OCc1ccccn1)c1ccc2c(c1)N(C(=O)OC(C)(C)C)CC2. The molecule has 1 aliphatic heterocycles. The van der Waals surface area contributed by atoms with Crippen LogP contribution in [0.5, 0.6) is 0 Å². The van der Waals surface area contributed by atoms with Crippen LogP contribution in [0, 0.1) is 0 Å². The van der Waals surface area contributed by atoms with E-state index in [0.29, 0.717) is 17.9 Å². The molecule has 2 aromatic rings. The van der Waals surface area contributed by atoms with Crippen molar-refractivity contribution < 1.29 is 19.1 Å². The van der Waals surface area contributed by atoms with Crippen LogP contribution >= 0.6 is 0 Å². The number of nitrogens with zero attached hydrogens (tertiary/aromatic N) is 3. The lowest BCUT2D eigenvalue weighted by atomic mass is 10.1. The summed E-state index contributed by atoms with van der Waals surface area (Å²) in [5, 5.41) is 0. The third kappa shape index (κ3) is 4.60. The van der Waals surface area contributed by atoms with E-state index in [9.17, 15) is 9.59 Å². The molecule has 0 radical (unpaired) electrons. The van der Waals surface area contributed by atoms with Crippen molar-refractivity contribution in [1.29, 1.82) is 0 Å². The van der Waals surface area contributed by atoms with Crippen LogP contribution in [0.1, 0.15) is 32.0 Å². The summed E-state index contributed by atoms with van der Waals surface area (Å²) in [5.74, 6) is 0. The lowest BCUT2D eigenvalue weighted by Crippen LogP contribution is -2.35. The molecule has 148 valence electrons. The van der Waals surface area contributed by atoms with Gasteiger partial charge in [0.25, 0.3) is 0 Å². The maximum Gasteiger partial charge on any atom is 0.414 e. The van der Waals surface area contributed by atoms with Crippen LogP contribution in [-0.2, 0) is 22.5 Å². The lowest BCUT2D eigenvalue weighted by Gasteiger charge is -2.25. The fraction of sp³-hybridized carbons (Fsp3) is 0.381. The van der Waals surface area contributed by atoms with Gasteiger partial charge in [0.15, 0.2) is 0 Å². The summed E-state index contributed by atoms with van der Waals surface area (Å²) in [7, 11) is 1.63. The fourth-order valence-electron chi connectivity index (χ4n) is 2.90. The molecule has 0 saturated heterocycles. The summed E-state index contributed by atoms with van der Waals surface area (Å²) in [6.45, 7) is 6.16. The van der Waals surface area contributed by atoms with Gasteiger partial charge < -0.3 is 9.47 Å². The molecule has 0 unspecified atom stereocenters. The molecular weight excluding hydrogens is 358 g/mol. The van der Waals surface area contributed by atoms with Gasteiger partial charge in [-0.1, -0.05) is 12.1 Å². The second-order valence-electron chi connectivity index (χ2n) is 7.63. The Kier molecular flexibility index (Phi) is 5.53. The number of hydrogen-bond acceptors (Lipinski definition) is 5. The average molecular weight is 383 g/mol. The first-order valence-electron chi connectivity index (χ1n) is 9.18. The molecule has 2 heterocycles. The number of amides is 2. The minimum atomic E-state index is -0.566. The highest BCUT2D eigenvalue weighted by atomic mass is 16.6. The Hall–Kier alpha value is -3.09. The van der Waals surface area contributed by atoms with Gasteiger partial charge in [-0.05, 0) is 57.0 Å². The van der Waals surface area contributed by atoms with Crippen LogP contribution in [0.25, 0.3) is 0 Å². The van der Waals surface area contributed by atoms with Gasteiger partial charge in [0.05, 0.1) is 11.4 Å². The smallest absolute Gasteiger partial charge is 0.414 e. The Labute approximate surface area is 164 Å². The predicted molar refractivity (Wildman–Crippen MR) is 107 cm³/mol. The molecule has 1 aromatic carbocycles. The van der Waals surface area contributed by atoms with E-state index < -0.39 is 11.7 Å². The molecule has 0 bridgehead atoms. The highest BCUT2D eigenvalue weighted by Crippen LogP contribution is 2.33. The maximum absolute atomic E-state index is 12.5. The zero-order valence-corrected chi connectivity index (χ0v) is 16.6. The van der Waals surface area contributed by atoms with Gasteiger partial charge in [-0.25, -0.2) is 9.59 Å². The zero-order chi connectivity index (χ0) is 20.3. The molecule has 3 rings (SSSR count). The minimum absolute atomic E-state index is 0.0962. The van der Waals surface area contributed by atoms with E-state index in [2.05, 4.69) is 4.98 Å². The van der Waals surface area contributed by atoms with E-state index in [-0.39, 0.29) is 12.7 Å². The molecule has 28 heavy (non-hydrogen) atoms. The summed E-state index contributed by atoms with van der Waals surface area (Å²) in [4.78, 5) is 32.0. The van der Waals surface area contributed by atoms with Crippen molar-refractivity contribution in [2.45, 2.75) is 39.4 Å². The van der Waals surface area contributed by atoms with Crippen LogP contribution in [-0.4, -0.2) is 36.4 Å². The number of ether oxygens (including phenoxy) is 2. The summed E-state index contributed by atoms with van der Waals surface area (Å²) in [6.07, 6.45) is 1.53. The highest BCUT2D eigenvalue weighted by Gasteiger charge is 2.29. The molecule has 2 amide bonds. The molecule has 1 aromatic heterocycles. The Morgan fingerprint density at radius 2 is 2.00 bits per heavy atom. The number of benzene rings is 1. The Morgan fingerprint density at radius 1 is 1.21 bits per heavy atom. The Balaban J connectivity index is 1.71. The van der Waals surface area contributed by atoms with Crippen LogP contribution in [0.4, 0.5) is 21.0 Å². The third-order valence-electron chi connectivity index (χ3n) is 4.31. The number of pyridine rings is 1. The number of carbonyl (C=O) groups excluding carboxylic acids is 2. The van der Waals surface area contributed by atoms with Crippen LogP contribution in [0.3, 0.4) is 0 Å². The van der Waals surface area contributed by atoms with E-state index in [0.717, 1.165) is 17.7 Å². The van der Waals surface area contributed by atoms with Crippen LogP contribution in [0.15, 0.2) is 42.6 Å². The van der Waals surface area contributed by atoms with Gasteiger partial charge in [0.2, 0.25) is 0 Å². The average Bonchev–Trinajstić information content (AvgIpc) is 3.08. The van der Waals surface area contributed by atoms with E-state index in [1.54, 1.807) is 30.3 Å². The third-order valence-corrected chi connectivity index (χ3v) is 4.31. The van der Waals surface area contributed by atoms with Crippen molar-refractivity contribution in [1.82, 2.24) is 4.98 Å². The van der Waals surface area contributed by atoms with Gasteiger partial charge >= 0.3 is 12.2 Å². The van der Waals surface area contributed by atoms with Gasteiger partial charge in [-0.15, -0.1) is 0 Å². The molecule has 0 aliphatic carbocycles. The van der Waals surface area contributed by atoms with Crippen LogP contribution < -0.4 is 9.80 Å². The summed E-state index contributed by atoms with van der Waals surface area (Å²) in [6, 6.07) is 11.0. The van der Waals surface area contributed by atoms with E-state index >= 15 is 0 Å². The summed E-state index contributed by atoms with van der Waals surface area (Å²) in [5.41, 5.74) is 2.55. The molecule has 7 heteroatoms. The largest absolute Gasteiger partial charge is 0.443 e. The second kappa shape index (κ2) is 7.88. The molecule has 0 atom stereocenters. The zero-order valence-electron chi connectivity index (χ0n) is 16.6. The van der Waals surface area contributed by atoms with Gasteiger partial charge in [0, 0.05) is 25.5 Å². The number of fused-ring (bicyclic) bond motifs is 1. The van der Waals surface area contributed by atoms with Crippen molar-refractivity contribution in [3.63, 3.8) is 0 Å². The second-order valence-corrected chi connectivity index (χ2v) is 7.63. The Bertz CT molecular complexity index is 862. The molecular formula is C21H25N3O4. The number of carbonyl (C=O) groups is 2. The van der Waals surface area contributed by atoms with Crippen molar-refractivity contribution in [2.24, 2.45) is 0 Å². The molecule has 0 saturated carbocycles. The molecule has 0 fully saturated rings. The first-order chi connectivity index (χ1) is 13.2. The van der Waals surface area contributed by atoms with Gasteiger partial charge in [-0.3, -0.25) is 14.8 Å². The van der Waals surface area contributed by atoms with Crippen molar-refractivity contribution >= 4 is 23.6 Å². The number of hydrogen-bond donors (Lipinski definition) is 0. The molecule has 0 N–H and O–H groups in total. The van der Waals surface area contributed by atoms with E-state index in [1.807, 2.05) is 45.0 Å². The Morgan fingerprint density at radius 3 is 2.68 bits per heavy atom. The van der Waals surface area contributed by atoms with E-state index in [1.165, 1.54) is 4.90 Å². The first kappa shape index (κ1) is 19.7. The molecule has 7 nitrogen and oxygen atoms in total. The van der Waals surface area contributed by atoms with Crippen molar-refractivity contribution in [3.8, 4) is 0 Å². The number of aromatic nitrogens is 1. The normalized spacial score (nSPS) is 13.1. The van der Waals surface area contributed by atoms with E-state index in [4.69, 9.17) is 9.47 Å².